The molecule has 0 bridgehead atoms. The lowest BCUT2D eigenvalue weighted by molar-refractivity contribution is -0.122. The van der Waals surface area contributed by atoms with Gasteiger partial charge in [0.05, 0.1) is 5.92 Å². The van der Waals surface area contributed by atoms with Crippen molar-refractivity contribution in [2.45, 2.75) is 13.3 Å². The highest BCUT2D eigenvalue weighted by Gasteiger charge is 2.35. The molecule has 3 rings (SSSR count). The molecule has 1 saturated heterocycles. The van der Waals surface area contributed by atoms with Gasteiger partial charge in [0.2, 0.25) is 11.8 Å². The second-order valence-corrected chi connectivity index (χ2v) is 5.42. The predicted molar refractivity (Wildman–Crippen MR) is 84.5 cm³/mol. The van der Waals surface area contributed by atoms with Crippen molar-refractivity contribution in [2.75, 3.05) is 16.8 Å². The molecular weight excluding hydrogens is 278 g/mol. The molecule has 1 aliphatic rings. The maximum absolute atomic E-state index is 12.3. The van der Waals surface area contributed by atoms with Crippen LogP contribution < -0.4 is 10.2 Å². The van der Waals surface area contributed by atoms with Crippen LogP contribution in [0.15, 0.2) is 48.8 Å². The van der Waals surface area contributed by atoms with Gasteiger partial charge < -0.3 is 10.2 Å². The number of anilines is 2. The Kier molecular flexibility index (Phi) is 3.87. The summed E-state index contributed by atoms with van der Waals surface area (Å²) in [5.41, 5.74) is 2.61. The number of aryl methyl sites for hydroxylation is 1. The molecule has 1 fully saturated rings. The molecule has 0 radical (unpaired) electrons. The maximum Gasteiger partial charge on any atom is 0.229 e. The van der Waals surface area contributed by atoms with Gasteiger partial charge in [-0.3, -0.25) is 14.6 Å². The Labute approximate surface area is 129 Å². The second kappa shape index (κ2) is 5.97. The van der Waals surface area contributed by atoms with Crippen LogP contribution in [-0.4, -0.2) is 23.3 Å². The number of rotatable bonds is 3. The molecule has 112 valence electrons. The number of hydrogen-bond donors (Lipinski definition) is 1. The summed E-state index contributed by atoms with van der Waals surface area (Å²) in [5.74, 6) is -0.472. The normalized spacial score (nSPS) is 17.6. The average molecular weight is 295 g/mol. The Balaban J connectivity index is 1.72. The molecule has 1 aromatic carbocycles. The van der Waals surface area contributed by atoms with E-state index in [-0.39, 0.29) is 24.2 Å². The molecule has 5 nitrogen and oxygen atoms in total. The zero-order valence-corrected chi connectivity index (χ0v) is 12.3. The van der Waals surface area contributed by atoms with Crippen LogP contribution in [0.1, 0.15) is 12.0 Å². The van der Waals surface area contributed by atoms with Gasteiger partial charge >= 0.3 is 0 Å². The van der Waals surface area contributed by atoms with Gasteiger partial charge in [-0.1, -0.05) is 18.2 Å². The van der Waals surface area contributed by atoms with Crippen LogP contribution in [0.3, 0.4) is 0 Å². The van der Waals surface area contributed by atoms with E-state index < -0.39 is 0 Å². The quantitative estimate of drug-likeness (QED) is 0.945. The minimum Gasteiger partial charge on any atom is -0.326 e. The third-order valence-electron chi connectivity index (χ3n) is 3.85. The van der Waals surface area contributed by atoms with Gasteiger partial charge in [-0.15, -0.1) is 0 Å². The van der Waals surface area contributed by atoms with Crippen LogP contribution in [0.2, 0.25) is 0 Å². The van der Waals surface area contributed by atoms with Crippen LogP contribution in [0.5, 0.6) is 0 Å². The summed E-state index contributed by atoms with van der Waals surface area (Å²) in [7, 11) is 0. The van der Waals surface area contributed by atoms with Crippen LogP contribution in [0.4, 0.5) is 11.4 Å². The summed E-state index contributed by atoms with van der Waals surface area (Å²) in [6.07, 6.45) is 3.48. The lowest BCUT2D eigenvalue weighted by Crippen LogP contribution is -2.28. The average Bonchev–Trinajstić information content (AvgIpc) is 2.91. The minimum absolute atomic E-state index is 0.0100. The van der Waals surface area contributed by atoms with Crippen LogP contribution in [0, 0.1) is 12.8 Å². The first-order valence-corrected chi connectivity index (χ1v) is 7.22. The van der Waals surface area contributed by atoms with Gasteiger partial charge in [-0.25, -0.2) is 0 Å². The first-order chi connectivity index (χ1) is 10.6. The van der Waals surface area contributed by atoms with E-state index in [4.69, 9.17) is 0 Å². The van der Waals surface area contributed by atoms with Crippen molar-refractivity contribution < 1.29 is 9.59 Å². The smallest absolute Gasteiger partial charge is 0.229 e. The summed E-state index contributed by atoms with van der Waals surface area (Å²) < 4.78 is 0. The number of carbonyl (C=O) groups excluding carboxylic acids is 2. The number of hydrogen-bond acceptors (Lipinski definition) is 3. The third-order valence-corrected chi connectivity index (χ3v) is 3.85. The summed E-state index contributed by atoms with van der Waals surface area (Å²) >= 11 is 0. The molecule has 1 N–H and O–H groups in total. The van der Waals surface area contributed by atoms with Crippen molar-refractivity contribution in [2.24, 2.45) is 5.92 Å². The topological polar surface area (TPSA) is 62.3 Å². The van der Waals surface area contributed by atoms with Gasteiger partial charge in [0, 0.05) is 36.7 Å². The molecule has 0 spiro atoms. The van der Waals surface area contributed by atoms with Crippen molar-refractivity contribution >= 4 is 23.2 Å². The van der Waals surface area contributed by atoms with Crippen LogP contribution >= 0.6 is 0 Å². The van der Waals surface area contributed by atoms with E-state index in [0.717, 1.165) is 11.3 Å². The fourth-order valence-electron chi connectivity index (χ4n) is 2.66. The summed E-state index contributed by atoms with van der Waals surface area (Å²) in [5, 5.41) is 2.83. The van der Waals surface area contributed by atoms with E-state index in [1.807, 2.05) is 31.2 Å². The zero-order chi connectivity index (χ0) is 15.5. The minimum atomic E-state index is -0.333. The SMILES string of the molecule is Cc1ccccc1N1C[C@H](C(=O)Nc2ccncc2)CC1=O. The monoisotopic (exact) mass is 295 g/mol. The molecule has 1 atom stereocenters. The van der Waals surface area contributed by atoms with Crippen molar-refractivity contribution in [3.05, 3.63) is 54.4 Å². The Morgan fingerprint density at radius 3 is 2.68 bits per heavy atom. The molecular formula is C17H17N3O2. The van der Waals surface area contributed by atoms with E-state index in [1.54, 1.807) is 29.4 Å². The van der Waals surface area contributed by atoms with Gasteiger partial charge in [0.25, 0.3) is 0 Å². The highest BCUT2D eigenvalue weighted by atomic mass is 16.2. The Hall–Kier alpha value is -2.69. The number of benzene rings is 1. The van der Waals surface area contributed by atoms with Gasteiger partial charge in [0.1, 0.15) is 0 Å². The van der Waals surface area contributed by atoms with E-state index in [2.05, 4.69) is 10.3 Å². The third kappa shape index (κ3) is 2.83. The van der Waals surface area contributed by atoms with Gasteiger partial charge in [0.15, 0.2) is 0 Å². The van der Waals surface area contributed by atoms with E-state index in [9.17, 15) is 9.59 Å². The molecule has 2 amide bonds. The first kappa shape index (κ1) is 14.3. The number of nitrogens with one attached hydrogen (secondary N) is 1. The van der Waals surface area contributed by atoms with E-state index >= 15 is 0 Å². The number of carbonyl (C=O) groups is 2. The molecule has 0 unspecified atom stereocenters. The molecule has 22 heavy (non-hydrogen) atoms. The number of para-hydroxylation sites is 1. The largest absolute Gasteiger partial charge is 0.326 e. The maximum atomic E-state index is 12.3. The van der Waals surface area contributed by atoms with Gasteiger partial charge in [-0.2, -0.15) is 0 Å². The fraction of sp³-hybridized carbons (Fsp3) is 0.235. The second-order valence-electron chi connectivity index (χ2n) is 5.42. The van der Waals surface area contributed by atoms with E-state index in [1.165, 1.54) is 0 Å². The Morgan fingerprint density at radius 2 is 1.95 bits per heavy atom. The number of pyridine rings is 1. The molecule has 1 aliphatic heterocycles. The first-order valence-electron chi connectivity index (χ1n) is 7.22. The standard InChI is InChI=1S/C17H17N3O2/c1-12-4-2-3-5-15(12)20-11-13(10-16(20)21)17(22)19-14-6-8-18-9-7-14/h2-9,13H,10-11H2,1H3,(H,18,19,22)/t13-/m1/s1. The van der Waals surface area contributed by atoms with Crippen molar-refractivity contribution in [3.8, 4) is 0 Å². The highest BCUT2D eigenvalue weighted by molar-refractivity contribution is 6.03. The predicted octanol–water partition coefficient (Wildman–Crippen LogP) is 2.38. The summed E-state index contributed by atoms with van der Waals surface area (Å²) in [4.78, 5) is 30.2. The molecule has 0 aliphatic carbocycles. The van der Waals surface area contributed by atoms with Crippen LogP contribution in [-0.2, 0) is 9.59 Å². The zero-order valence-electron chi connectivity index (χ0n) is 12.3. The van der Waals surface area contributed by atoms with E-state index in [0.29, 0.717) is 12.2 Å². The molecule has 5 heteroatoms. The molecule has 2 aromatic rings. The fourth-order valence-corrected chi connectivity index (χ4v) is 2.66. The van der Waals surface area contributed by atoms with Crippen LogP contribution in [0.25, 0.3) is 0 Å². The lowest BCUT2D eigenvalue weighted by Gasteiger charge is -2.18. The van der Waals surface area contributed by atoms with Crippen molar-refractivity contribution in [3.63, 3.8) is 0 Å². The number of amides is 2. The van der Waals surface area contributed by atoms with Crippen molar-refractivity contribution in [1.29, 1.82) is 0 Å². The summed E-state index contributed by atoms with van der Waals surface area (Å²) in [6.45, 7) is 2.38. The highest BCUT2D eigenvalue weighted by Crippen LogP contribution is 2.28. The number of aromatic nitrogens is 1. The molecule has 1 aromatic heterocycles. The Bertz CT molecular complexity index is 700. The molecule has 0 saturated carbocycles. The van der Waals surface area contributed by atoms with Gasteiger partial charge in [-0.05, 0) is 30.7 Å². The number of nitrogens with zero attached hydrogens (tertiary/aromatic N) is 2. The molecule has 2 heterocycles. The lowest BCUT2D eigenvalue weighted by atomic mass is 10.1. The Morgan fingerprint density at radius 1 is 1.23 bits per heavy atom. The summed E-state index contributed by atoms with van der Waals surface area (Å²) in [6, 6.07) is 11.2. The van der Waals surface area contributed by atoms with Crippen molar-refractivity contribution in [1.82, 2.24) is 4.98 Å².